The van der Waals surface area contributed by atoms with Crippen molar-refractivity contribution >= 4 is 11.6 Å². The Morgan fingerprint density at radius 2 is 1.86 bits per heavy atom. The van der Waals surface area contributed by atoms with E-state index < -0.39 is 5.82 Å². The van der Waals surface area contributed by atoms with Gasteiger partial charge in [-0.25, -0.2) is 4.39 Å². The zero-order valence-electron chi connectivity index (χ0n) is 11.1. The molecule has 6 nitrogen and oxygen atoms in total. The van der Waals surface area contributed by atoms with E-state index in [9.17, 15) is 9.18 Å². The zero-order valence-corrected chi connectivity index (χ0v) is 11.1. The molecule has 2 rings (SSSR count). The van der Waals surface area contributed by atoms with Crippen molar-refractivity contribution < 1.29 is 9.18 Å². The number of nitrogens with two attached hydrogens (primary N) is 1. The van der Waals surface area contributed by atoms with Crippen LogP contribution in [0.2, 0.25) is 0 Å². The number of halogens is 1. The van der Waals surface area contributed by atoms with Gasteiger partial charge in [-0.3, -0.25) is 10.2 Å². The molecule has 0 atom stereocenters. The second-order valence-corrected chi connectivity index (χ2v) is 4.18. The van der Waals surface area contributed by atoms with Crippen molar-refractivity contribution in [1.82, 2.24) is 5.43 Å². The molecule has 0 heterocycles. The Balaban J connectivity index is 2.01. The number of rotatable bonds is 5. The second kappa shape index (κ2) is 6.99. The van der Waals surface area contributed by atoms with E-state index in [1.54, 1.807) is 36.4 Å². The first-order valence-electron chi connectivity index (χ1n) is 6.18. The van der Waals surface area contributed by atoms with Gasteiger partial charge in [0, 0.05) is 5.56 Å². The summed E-state index contributed by atoms with van der Waals surface area (Å²) in [5, 5.41) is 9.01. The quantitative estimate of drug-likeness (QED) is 0.448. The van der Waals surface area contributed by atoms with Gasteiger partial charge in [-0.15, -0.1) is 0 Å². The van der Waals surface area contributed by atoms with Crippen LogP contribution in [0, 0.1) is 5.82 Å². The number of nitrogens with zero attached hydrogens (tertiary/aromatic N) is 2. The smallest absolute Gasteiger partial charge is 0.255 e. The lowest BCUT2D eigenvalue weighted by molar-refractivity contribution is 0.102. The minimum absolute atomic E-state index is 0.150. The Morgan fingerprint density at radius 3 is 2.52 bits per heavy atom. The molecule has 0 radical (unpaired) electrons. The number of carbonyl (C=O) groups is 1. The molecule has 0 aliphatic rings. The van der Waals surface area contributed by atoms with Gasteiger partial charge >= 0.3 is 0 Å². The molecule has 2 aromatic rings. The first-order valence-corrected chi connectivity index (χ1v) is 6.18. The summed E-state index contributed by atoms with van der Waals surface area (Å²) in [5.74, 6) is 4.01. The Bertz CT molecular complexity index is 642. The Labute approximate surface area is 120 Å². The van der Waals surface area contributed by atoms with Crippen LogP contribution in [-0.4, -0.2) is 5.91 Å². The summed E-state index contributed by atoms with van der Waals surface area (Å²) in [6.45, 7) is 0.440. The van der Waals surface area contributed by atoms with Gasteiger partial charge < -0.3 is 11.2 Å². The van der Waals surface area contributed by atoms with Gasteiger partial charge in [0.25, 0.3) is 5.91 Å². The van der Waals surface area contributed by atoms with Crippen molar-refractivity contribution in [2.45, 2.75) is 6.54 Å². The predicted octanol–water partition coefficient (Wildman–Crippen LogP) is 2.41. The van der Waals surface area contributed by atoms with Crippen LogP contribution in [0.1, 0.15) is 15.9 Å². The molecule has 0 saturated carbocycles. The largest absolute Gasteiger partial charge is 0.319 e. The summed E-state index contributed by atoms with van der Waals surface area (Å²) in [4.78, 5) is 12.0. The SMILES string of the molecule is N/N=N\NCc1ccc(C(=O)Nc2ccccc2F)cc1. The summed E-state index contributed by atoms with van der Waals surface area (Å²) in [6.07, 6.45) is 0. The van der Waals surface area contributed by atoms with Crippen LogP contribution in [0.3, 0.4) is 0 Å². The monoisotopic (exact) mass is 287 g/mol. The summed E-state index contributed by atoms with van der Waals surface area (Å²) >= 11 is 0. The molecular formula is C14H14FN5O. The minimum Gasteiger partial charge on any atom is -0.319 e. The van der Waals surface area contributed by atoms with Gasteiger partial charge in [0.2, 0.25) is 0 Å². The first kappa shape index (κ1) is 14.4. The number of carbonyl (C=O) groups excluding carboxylic acids is 1. The molecule has 0 aliphatic carbocycles. The van der Waals surface area contributed by atoms with E-state index in [0.717, 1.165) is 5.56 Å². The molecule has 7 heteroatoms. The summed E-state index contributed by atoms with van der Waals surface area (Å²) in [6, 6.07) is 12.8. The highest BCUT2D eigenvalue weighted by atomic mass is 19.1. The topological polar surface area (TPSA) is 91.9 Å². The van der Waals surface area contributed by atoms with Gasteiger partial charge in [0.05, 0.1) is 12.2 Å². The Morgan fingerprint density at radius 1 is 1.14 bits per heavy atom. The molecule has 0 aliphatic heterocycles. The molecule has 0 spiro atoms. The molecule has 0 unspecified atom stereocenters. The molecule has 2 aromatic carbocycles. The number of hydrogen-bond donors (Lipinski definition) is 3. The maximum absolute atomic E-state index is 13.5. The third-order valence-corrected chi connectivity index (χ3v) is 2.75. The zero-order chi connectivity index (χ0) is 15.1. The number of anilines is 1. The van der Waals surface area contributed by atoms with E-state index in [0.29, 0.717) is 12.1 Å². The van der Waals surface area contributed by atoms with Gasteiger partial charge in [-0.2, -0.15) is 0 Å². The van der Waals surface area contributed by atoms with Crippen LogP contribution in [0.15, 0.2) is 59.0 Å². The highest BCUT2D eigenvalue weighted by Gasteiger charge is 2.08. The molecule has 0 aromatic heterocycles. The lowest BCUT2D eigenvalue weighted by atomic mass is 10.1. The average molecular weight is 287 g/mol. The van der Waals surface area contributed by atoms with Gasteiger partial charge in [0.1, 0.15) is 5.82 Å². The Kier molecular flexibility index (Phi) is 4.81. The van der Waals surface area contributed by atoms with Gasteiger partial charge in [-0.1, -0.05) is 34.7 Å². The van der Waals surface area contributed by atoms with E-state index in [4.69, 9.17) is 5.84 Å². The lowest BCUT2D eigenvalue weighted by Gasteiger charge is -2.07. The van der Waals surface area contributed by atoms with Crippen molar-refractivity contribution in [3.8, 4) is 0 Å². The molecular weight excluding hydrogens is 273 g/mol. The third-order valence-electron chi connectivity index (χ3n) is 2.75. The molecule has 0 fully saturated rings. The number of nitrogens with one attached hydrogen (secondary N) is 2. The van der Waals surface area contributed by atoms with E-state index in [1.165, 1.54) is 12.1 Å². The molecule has 21 heavy (non-hydrogen) atoms. The number of para-hydroxylation sites is 1. The molecule has 4 N–H and O–H groups in total. The van der Waals surface area contributed by atoms with Crippen LogP contribution in [-0.2, 0) is 6.54 Å². The van der Waals surface area contributed by atoms with E-state index in [2.05, 4.69) is 21.2 Å². The normalized spacial score (nSPS) is 10.5. The second-order valence-electron chi connectivity index (χ2n) is 4.18. The number of amides is 1. The Hall–Kier alpha value is -2.96. The summed E-state index contributed by atoms with van der Waals surface area (Å²) in [7, 11) is 0. The average Bonchev–Trinajstić information content (AvgIpc) is 2.50. The third kappa shape index (κ3) is 4.00. The fourth-order valence-electron chi connectivity index (χ4n) is 1.70. The van der Waals surface area contributed by atoms with E-state index in [-0.39, 0.29) is 11.6 Å². The fraction of sp³-hybridized carbons (Fsp3) is 0.0714. The molecule has 108 valence electrons. The van der Waals surface area contributed by atoms with Crippen molar-refractivity contribution in [1.29, 1.82) is 0 Å². The predicted molar refractivity (Wildman–Crippen MR) is 76.7 cm³/mol. The molecule has 1 amide bonds. The number of benzene rings is 2. The lowest BCUT2D eigenvalue weighted by Crippen LogP contribution is -2.13. The van der Waals surface area contributed by atoms with Crippen LogP contribution < -0.4 is 16.6 Å². The highest BCUT2D eigenvalue weighted by molar-refractivity contribution is 6.04. The molecule has 0 saturated heterocycles. The van der Waals surface area contributed by atoms with E-state index in [1.807, 2.05) is 0 Å². The minimum atomic E-state index is -0.473. The van der Waals surface area contributed by atoms with Crippen molar-refractivity contribution in [2.24, 2.45) is 16.3 Å². The number of hydrogen-bond acceptors (Lipinski definition) is 3. The highest BCUT2D eigenvalue weighted by Crippen LogP contribution is 2.14. The van der Waals surface area contributed by atoms with Crippen molar-refractivity contribution in [3.63, 3.8) is 0 Å². The maximum Gasteiger partial charge on any atom is 0.255 e. The van der Waals surface area contributed by atoms with Crippen molar-refractivity contribution in [3.05, 3.63) is 65.5 Å². The van der Waals surface area contributed by atoms with E-state index >= 15 is 0 Å². The molecule has 0 bridgehead atoms. The van der Waals surface area contributed by atoms with Crippen LogP contribution in [0.5, 0.6) is 0 Å². The van der Waals surface area contributed by atoms with Crippen LogP contribution >= 0.6 is 0 Å². The summed E-state index contributed by atoms with van der Waals surface area (Å²) < 4.78 is 13.5. The first-order chi connectivity index (χ1) is 10.2. The van der Waals surface area contributed by atoms with Crippen molar-refractivity contribution in [2.75, 3.05) is 5.32 Å². The summed E-state index contributed by atoms with van der Waals surface area (Å²) in [5.41, 5.74) is 4.12. The maximum atomic E-state index is 13.5. The van der Waals surface area contributed by atoms with Gasteiger partial charge in [0.15, 0.2) is 0 Å². The standard InChI is InChI=1S/C14H14FN5O/c15-12-3-1-2-4-13(12)18-14(21)11-7-5-10(6-8-11)9-17-20-19-16/h1-8H,9H2,(H2,16,20)(H,17,19)(H,18,21). The van der Waals surface area contributed by atoms with Crippen LogP contribution in [0.4, 0.5) is 10.1 Å². The van der Waals surface area contributed by atoms with Gasteiger partial charge in [-0.05, 0) is 29.8 Å². The van der Waals surface area contributed by atoms with Crippen LogP contribution in [0.25, 0.3) is 0 Å². The fourth-order valence-corrected chi connectivity index (χ4v) is 1.70.